The van der Waals surface area contributed by atoms with E-state index in [9.17, 15) is 14.4 Å². The topological polar surface area (TPSA) is 75.7 Å². The molecular formula is C18H12Cl2N2O4. The van der Waals surface area contributed by atoms with Crippen molar-refractivity contribution in [3.63, 3.8) is 0 Å². The molecule has 132 valence electrons. The summed E-state index contributed by atoms with van der Waals surface area (Å²) in [6.07, 6.45) is 0. The van der Waals surface area contributed by atoms with Gasteiger partial charge in [0.25, 0.3) is 11.8 Å². The Kier molecular flexibility index (Phi) is 4.97. The van der Waals surface area contributed by atoms with Gasteiger partial charge in [-0.2, -0.15) is 0 Å². The Morgan fingerprint density at radius 3 is 2.46 bits per heavy atom. The minimum atomic E-state index is -0.738. The van der Waals surface area contributed by atoms with Crippen molar-refractivity contribution < 1.29 is 19.1 Å². The highest BCUT2D eigenvalue weighted by Gasteiger charge is 2.40. The Morgan fingerprint density at radius 2 is 1.77 bits per heavy atom. The highest BCUT2D eigenvalue weighted by atomic mass is 35.5. The number of imide groups is 1. The molecule has 1 aliphatic heterocycles. The smallest absolute Gasteiger partial charge is 0.339 e. The van der Waals surface area contributed by atoms with Crippen LogP contribution in [0.25, 0.3) is 0 Å². The van der Waals surface area contributed by atoms with E-state index in [0.717, 1.165) is 4.90 Å². The molecule has 0 radical (unpaired) electrons. The zero-order chi connectivity index (χ0) is 18.8. The lowest BCUT2D eigenvalue weighted by Crippen LogP contribution is -2.33. The molecule has 3 rings (SSSR count). The second-order valence-electron chi connectivity index (χ2n) is 5.28. The number of halogens is 2. The summed E-state index contributed by atoms with van der Waals surface area (Å²) < 4.78 is 4.70. The van der Waals surface area contributed by atoms with Gasteiger partial charge in [0.05, 0.1) is 18.4 Å². The molecule has 1 heterocycles. The minimum absolute atomic E-state index is 0.0742. The van der Waals surface area contributed by atoms with Crippen molar-refractivity contribution >= 4 is 52.4 Å². The van der Waals surface area contributed by atoms with E-state index in [1.54, 1.807) is 36.4 Å². The Morgan fingerprint density at radius 1 is 1.04 bits per heavy atom. The molecule has 2 aromatic rings. The third kappa shape index (κ3) is 3.16. The number of carbonyl (C=O) groups is 3. The van der Waals surface area contributed by atoms with E-state index in [1.807, 2.05) is 0 Å². The van der Waals surface area contributed by atoms with Crippen molar-refractivity contribution in [3.05, 3.63) is 69.8 Å². The number of nitrogens with one attached hydrogen (secondary N) is 1. The maximum absolute atomic E-state index is 12.8. The third-order valence-electron chi connectivity index (χ3n) is 3.67. The zero-order valence-corrected chi connectivity index (χ0v) is 15.0. The number of amides is 2. The first kappa shape index (κ1) is 18.0. The summed E-state index contributed by atoms with van der Waals surface area (Å²) in [5.41, 5.74) is 0.564. The van der Waals surface area contributed by atoms with Crippen LogP contribution in [0.3, 0.4) is 0 Å². The summed E-state index contributed by atoms with van der Waals surface area (Å²) in [5, 5.41) is 2.98. The lowest BCUT2D eigenvalue weighted by molar-refractivity contribution is -0.120. The molecule has 0 unspecified atom stereocenters. The standard InChI is InChI=1S/C18H12Cl2N2O4/c1-26-18(25)12-7-2-3-8-13(12)22-16(23)14(20)15(17(22)24)21-11-6-4-5-10(19)9-11/h2-9,21H,1H3. The van der Waals surface area contributed by atoms with Crippen LogP contribution in [0.15, 0.2) is 59.3 Å². The molecule has 8 heteroatoms. The van der Waals surface area contributed by atoms with Gasteiger partial charge >= 0.3 is 5.97 Å². The Hall–Kier alpha value is -2.83. The Bertz CT molecular complexity index is 956. The van der Waals surface area contributed by atoms with Gasteiger partial charge in [-0.05, 0) is 30.3 Å². The van der Waals surface area contributed by atoms with Crippen molar-refractivity contribution in [2.75, 3.05) is 17.3 Å². The van der Waals surface area contributed by atoms with Gasteiger partial charge in [-0.25, -0.2) is 9.69 Å². The van der Waals surface area contributed by atoms with E-state index in [-0.39, 0.29) is 22.0 Å². The van der Waals surface area contributed by atoms with Gasteiger partial charge in [-0.15, -0.1) is 0 Å². The second-order valence-corrected chi connectivity index (χ2v) is 6.09. The predicted molar refractivity (Wildman–Crippen MR) is 98.2 cm³/mol. The van der Waals surface area contributed by atoms with Crippen molar-refractivity contribution in [2.45, 2.75) is 0 Å². The van der Waals surface area contributed by atoms with E-state index >= 15 is 0 Å². The summed E-state index contributed by atoms with van der Waals surface area (Å²) in [4.78, 5) is 38.1. The first-order chi connectivity index (χ1) is 12.4. The second kappa shape index (κ2) is 7.19. The highest BCUT2D eigenvalue weighted by molar-refractivity contribution is 6.53. The van der Waals surface area contributed by atoms with Gasteiger partial charge in [0.2, 0.25) is 0 Å². The van der Waals surface area contributed by atoms with Crippen LogP contribution in [0.5, 0.6) is 0 Å². The van der Waals surface area contributed by atoms with Gasteiger partial charge in [-0.3, -0.25) is 9.59 Å². The normalized spacial score (nSPS) is 14.0. The molecule has 0 spiro atoms. The van der Waals surface area contributed by atoms with Crippen molar-refractivity contribution in [3.8, 4) is 0 Å². The molecule has 2 amide bonds. The third-order valence-corrected chi connectivity index (χ3v) is 4.26. The van der Waals surface area contributed by atoms with E-state index in [2.05, 4.69) is 5.32 Å². The molecule has 1 N–H and O–H groups in total. The summed E-state index contributed by atoms with van der Waals surface area (Å²) in [6, 6.07) is 12.7. The van der Waals surface area contributed by atoms with Crippen LogP contribution >= 0.6 is 23.2 Å². The molecule has 2 aromatic carbocycles. The van der Waals surface area contributed by atoms with E-state index in [1.165, 1.54) is 19.2 Å². The van der Waals surface area contributed by atoms with Crippen LogP contribution in [-0.4, -0.2) is 24.9 Å². The van der Waals surface area contributed by atoms with Crippen LogP contribution in [0.1, 0.15) is 10.4 Å². The SMILES string of the molecule is COC(=O)c1ccccc1N1C(=O)C(Cl)=C(Nc2cccc(Cl)c2)C1=O. The molecule has 26 heavy (non-hydrogen) atoms. The van der Waals surface area contributed by atoms with Crippen LogP contribution < -0.4 is 10.2 Å². The predicted octanol–water partition coefficient (Wildman–Crippen LogP) is 3.56. The average molecular weight is 391 g/mol. The van der Waals surface area contributed by atoms with E-state index in [0.29, 0.717) is 10.7 Å². The maximum Gasteiger partial charge on any atom is 0.339 e. The molecule has 0 aliphatic carbocycles. The fourth-order valence-corrected chi connectivity index (χ4v) is 2.89. The van der Waals surface area contributed by atoms with Crippen LogP contribution in [0.4, 0.5) is 11.4 Å². The molecule has 0 fully saturated rings. The van der Waals surface area contributed by atoms with Crippen LogP contribution in [0, 0.1) is 0 Å². The van der Waals surface area contributed by atoms with Gasteiger partial charge in [0.15, 0.2) is 0 Å². The number of hydrogen-bond donors (Lipinski definition) is 1. The number of rotatable bonds is 4. The number of carbonyl (C=O) groups excluding carboxylic acids is 3. The summed E-state index contributed by atoms with van der Waals surface area (Å²) >= 11 is 12.0. The number of nitrogens with zero attached hydrogens (tertiary/aromatic N) is 1. The molecule has 6 nitrogen and oxygen atoms in total. The molecule has 0 bridgehead atoms. The molecule has 1 aliphatic rings. The van der Waals surface area contributed by atoms with Gasteiger partial charge in [0.1, 0.15) is 10.7 Å². The van der Waals surface area contributed by atoms with Crippen molar-refractivity contribution in [1.29, 1.82) is 0 Å². The monoisotopic (exact) mass is 390 g/mol. The highest BCUT2D eigenvalue weighted by Crippen LogP contribution is 2.32. The largest absolute Gasteiger partial charge is 0.465 e. The van der Waals surface area contributed by atoms with Gasteiger partial charge < -0.3 is 10.1 Å². The summed E-state index contributed by atoms with van der Waals surface area (Å²) in [6.45, 7) is 0. The number of methoxy groups -OCH3 is 1. The maximum atomic E-state index is 12.8. The molecular weight excluding hydrogens is 379 g/mol. The van der Waals surface area contributed by atoms with Crippen molar-refractivity contribution in [2.24, 2.45) is 0 Å². The lowest BCUT2D eigenvalue weighted by atomic mass is 10.1. The Balaban J connectivity index is 1.98. The number of para-hydroxylation sites is 1. The number of benzene rings is 2. The lowest BCUT2D eigenvalue weighted by Gasteiger charge is -2.17. The number of anilines is 2. The zero-order valence-electron chi connectivity index (χ0n) is 13.5. The number of esters is 1. The molecule has 0 aromatic heterocycles. The number of ether oxygens (including phenoxy) is 1. The Labute approximate surface area is 158 Å². The van der Waals surface area contributed by atoms with Gasteiger partial charge in [-0.1, -0.05) is 41.4 Å². The first-order valence-corrected chi connectivity index (χ1v) is 8.18. The van der Waals surface area contributed by atoms with Crippen LogP contribution in [0.2, 0.25) is 5.02 Å². The fourth-order valence-electron chi connectivity index (χ4n) is 2.49. The molecule has 0 saturated heterocycles. The summed E-state index contributed by atoms with van der Waals surface area (Å²) in [7, 11) is 1.21. The number of hydrogen-bond acceptors (Lipinski definition) is 5. The average Bonchev–Trinajstić information content (AvgIpc) is 2.84. The minimum Gasteiger partial charge on any atom is -0.465 e. The molecule has 0 atom stereocenters. The van der Waals surface area contributed by atoms with E-state index < -0.39 is 17.8 Å². The molecule has 0 saturated carbocycles. The van der Waals surface area contributed by atoms with Gasteiger partial charge in [0, 0.05) is 10.7 Å². The first-order valence-electron chi connectivity index (χ1n) is 7.42. The van der Waals surface area contributed by atoms with E-state index in [4.69, 9.17) is 27.9 Å². The quantitative estimate of drug-likeness (QED) is 0.637. The fraction of sp³-hybridized carbons (Fsp3) is 0.0556. The van der Waals surface area contributed by atoms with Crippen LogP contribution in [-0.2, 0) is 14.3 Å². The van der Waals surface area contributed by atoms with Crippen molar-refractivity contribution in [1.82, 2.24) is 0 Å². The summed E-state index contributed by atoms with van der Waals surface area (Å²) in [5.74, 6) is -2.09.